The van der Waals surface area contributed by atoms with Gasteiger partial charge in [-0.15, -0.1) is 0 Å². The monoisotopic (exact) mass is 285 g/mol. The summed E-state index contributed by atoms with van der Waals surface area (Å²) in [7, 11) is 4.95. The summed E-state index contributed by atoms with van der Waals surface area (Å²) in [5.74, 6) is -1.32. The fourth-order valence-electron chi connectivity index (χ4n) is 1.83. The summed E-state index contributed by atoms with van der Waals surface area (Å²) in [6.45, 7) is 0.736. The van der Waals surface area contributed by atoms with Gasteiger partial charge in [0.25, 0.3) is 5.56 Å². The molecular weight excluding hydrogens is 266 g/mol. The molecule has 1 heterocycles. The molecule has 0 atom stereocenters. The molecule has 0 amide bonds. The number of hydrogen-bond donors (Lipinski definition) is 2. The quantitative estimate of drug-likeness (QED) is 0.644. The molecule has 1 rings (SSSR count). The first kappa shape index (κ1) is 16.1. The van der Waals surface area contributed by atoms with Gasteiger partial charge in [-0.05, 0) is 20.5 Å². The Bertz CT molecular complexity index is 588. The number of carboxylic acids is 1. The molecule has 0 aromatic carbocycles. The smallest absolute Gasteiger partial charge is 0.352 e. The van der Waals surface area contributed by atoms with Gasteiger partial charge in [-0.3, -0.25) is 9.36 Å². The van der Waals surface area contributed by atoms with Crippen molar-refractivity contribution >= 4 is 5.97 Å². The normalized spacial score (nSPS) is 11.0. The minimum atomic E-state index is -1.32. The number of carbonyl (C=O) groups is 1. The van der Waals surface area contributed by atoms with Crippen molar-refractivity contribution in [2.45, 2.75) is 19.5 Å². The molecule has 0 aliphatic carbocycles. The number of aromatic nitrogens is 2. The maximum atomic E-state index is 12.3. The van der Waals surface area contributed by atoms with Crippen molar-refractivity contribution in [1.82, 2.24) is 14.5 Å². The standard InChI is InChI=1S/C12H19N3O5/c1-14(2)7-8-9(11(17)18)13-12(19)15(10(8)16)5-4-6-20-3/h4-7H2,1-3H3,(H,13,19)(H,17,18). The topological polar surface area (TPSA) is 105 Å². The van der Waals surface area contributed by atoms with Gasteiger partial charge in [0, 0.05) is 26.8 Å². The first-order valence-electron chi connectivity index (χ1n) is 6.11. The van der Waals surface area contributed by atoms with E-state index in [2.05, 4.69) is 4.98 Å². The first-order valence-corrected chi connectivity index (χ1v) is 6.11. The number of nitrogens with zero attached hydrogens (tertiary/aromatic N) is 2. The largest absolute Gasteiger partial charge is 0.477 e. The number of rotatable bonds is 7. The van der Waals surface area contributed by atoms with Crippen molar-refractivity contribution in [3.63, 3.8) is 0 Å². The van der Waals surface area contributed by atoms with Crippen molar-refractivity contribution in [3.8, 4) is 0 Å². The predicted molar refractivity (Wildman–Crippen MR) is 72.2 cm³/mol. The van der Waals surface area contributed by atoms with Gasteiger partial charge in [0.2, 0.25) is 0 Å². The Morgan fingerprint density at radius 3 is 2.55 bits per heavy atom. The molecule has 0 spiro atoms. The number of methoxy groups -OCH3 is 1. The van der Waals surface area contributed by atoms with Crippen molar-refractivity contribution in [1.29, 1.82) is 0 Å². The molecule has 112 valence electrons. The zero-order chi connectivity index (χ0) is 15.3. The lowest BCUT2D eigenvalue weighted by atomic mass is 10.2. The zero-order valence-electron chi connectivity index (χ0n) is 11.8. The number of aromatic amines is 1. The summed E-state index contributed by atoms with van der Waals surface area (Å²) in [5, 5.41) is 9.08. The van der Waals surface area contributed by atoms with Crippen LogP contribution in [0.1, 0.15) is 22.5 Å². The SMILES string of the molecule is COCCCn1c(=O)[nH]c(C(=O)O)c(CN(C)C)c1=O. The summed E-state index contributed by atoms with van der Waals surface area (Å²) in [6, 6.07) is 0. The van der Waals surface area contributed by atoms with Crippen LogP contribution in [-0.2, 0) is 17.8 Å². The first-order chi connectivity index (χ1) is 9.38. The van der Waals surface area contributed by atoms with E-state index < -0.39 is 17.2 Å². The number of H-pyrrole nitrogens is 1. The van der Waals surface area contributed by atoms with E-state index in [1.54, 1.807) is 19.0 Å². The third-order valence-corrected chi connectivity index (χ3v) is 2.70. The number of carboxylic acid groups (broad SMARTS) is 1. The maximum Gasteiger partial charge on any atom is 0.352 e. The van der Waals surface area contributed by atoms with Crippen LogP contribution in [0.5, 0.6) is 0 Å². The lowest BCUT2D eigenvalue weighted by Gasteiger charge is -2.13. The molecule has 0 bridgehead atoms. The highest BCUT2D eigenvalue weighted by Crippen LogP contribution is 2.01. The summed E-state index contributed by atoms with van der Waals surface area (Å²) >= 11 is 0. The lowest BCUT2D eigenvalue weighted by molar-refractivity contribution is 0.0687. The fourth-order valence-corrected chi connectivity index (χ4v) is 1.83. The van der Waals surface area contributed by atoms with Gasteiger partial charge in [0.15, 0.2) is 0 Å². The molecule has 1 aromatic rings. The second kappa shape index (κ2) is 7.01. The molecule has 20 heavy (non-hydrogen) atoms. The van der Waals surface area contributed by atoms with Crippen molar-refractivity contribution in [3.05, 3.63) is 32.1 Å². The highest BCUT2D eigenvalue weighted by molar-refractivity contribution is 5.86. The molecule has 0 saturated carbocycles. The molecule has 0 radical (unpaired) electrons. The van der Waals surface area contributed by atoms with Gasteiger partial charge in [0.1, 0.15) is 5.69 Å². The molecular formula is C12H19N3O5. The summed E-state index contributed by atoms with van der Waals surface area (Å²) in [4.78, 5) is 39.1. The van der Waals surface area contributed by atoms with Crippen LogP contribution >= 0.6 is 0 Å². The van der Waals surface area contributed by atoms with E-state index in [1.807, 2.05) is 0 Å². The molecule has 1 aromatic heterocycles. The summed E-state index contributed by atoms with van der Waals surface area (Å²) < 4.78 is 5.87. The number of nitrogens with one attached hydrogen (secondary N) is 1. The second-order valence-electron chi connectivity index (χ2n) is 4.63. The number of ether oxygens (including phenoxy) is 1. The summed E-state index contributed by atoms with van der Waals surface area (Å²) in [5.41, 5.74) is -1.57. The van der Waals surface area contributed by atoms with Crippen LogP contribution in [0.4, 0.5) is 0 Å². The van der Waals surface area contributed by atoms with Crippen LogP contribution in [-0.4, -0.2) is 53.3 Å². The highest BCUT2D eigenvalue weighted by Gasteiger charge is 2.19. The lowest BCUT2D eigenvalue weighted by Crippen LogP contribution is -2.41. The van der Waals surface area contributed by atoms with Gasteiger partial charge in [-0.1, -0.05) is 0 Å². The average molecular weight is 285 g/mol. The fraction of sp³-hybridized carbons (Fsp3) is 0.583. The Kier molecular flexibility index (Phi) is 5.66. The molecule has 8 heteroatoms. The van der Waals surface area contributed by atoms with E-state index in [4.69, 9.17) is 9.84 Å². The van der Waals surface area contributed by atoms with E-state index in [1.165, 1.54) is 7.11 Å². The van der Waals surface area contributed by atoms with Crippen molar-refractivity contribution in [2.24, 2.45) is 0 Å². The maximum absolute atomic E-state index is 12.3. The van der Waals surface area contributed by atoms with Gasteiger partial charge in [0.05, 0.1) is 5.56 Å². The Morgan fingerprint density at radius 2 is 2.05 bits per heavy atom. The van der Waals surface area contributed by atoms with Gasteiger partial charge >= 0.3 is 11.7 Å². The minimum absolute atomic E-state index is 0.0690. The number of hydrogen-bond acceptors (Lipinski definition) is 5. The second-order valence-corrected chi connectivity index (χ2v) is 4.63. The van der Waals surface area contributed by atoms with E-state index in [0.29, 0.717) is 13.0 Å². The molecule has 8 nitrogen and oxygen atoms in total. The zero-order valence-corrected chi connectivity index (χ0v) is 11.8. The molecule has 0 unspecified atom stereocenters. The van der Waals surface area contributed by atoms with Gasteiger partial charge in [-0.25, -0.2) is 9.59 Å². The third-order valence-electron chi connectivity index (χ3n) is 2.70. The Labute approximate surface area is 115 Å². The van der Waals surface area contributed by atoms with E-state index in [9.17, 15) is 14.4 Å². The Morgan fingerprint density at radius 1 is 1.40 bits per heavy atom. The van der Waals surface area contributed by atoms with E-state index in [0.717, 1.165) is 4.57 Å². The number of aromatic carboxylic acids is 1. The Balaban J connectivity index is 3.31. The average Bonchev–Trinajstić information content (AvgIpc) is 2.36. The van der Waals surface area contributed by atoms with Gasteiger partial charge in [-0.2, -0.15) is 0 Å². The molecule has 0 aliphatic heterocycles. The Hall–Kier alpha value is -1.93. The van der Waals surface area contributed by atoms with Crippen LogP contribution in [0.15, 0.2) is 9.59 Å². The van der Waals surface area contributed by atoms with Gasteiger partial charge < -0.3 is 19.7 Å². The van der Waals surface area contributed by atoms with Crippen LogP contribution < -0.4 is 11.2 Å². The van der Waals surface area contributed by atoms with Crippen LogP contribution in [0.25, 0.3) is 0 Å². The van der Waals surface area contributed by atoms with Crippen LogP contribution in [0, 0.1) is 0 Å². The molecule has 2 N–H and O–H groups in total. The molecule has 0 aliphatic rings. The third kappa shape index (κ3) is 3.78. The van der Waals surface area contributed by atoms with E-state index >= 15 is 0 Å². The highest BCUT2D eigenvalue weighted by atomic mass is 16.5. The minimum Gasteiger partial charge on any atom is -0.477 e. The summed E-state index contributed by atoms with van der Waals surface area (Å²) in [6.07, 6.45) is 0.493. The van der Waals surface area contributed by atoms with Crippen LogP contribution in [0.2, 0.25) is 0 Å². The van der Waals surface area contributed by atoms with Crippen LogP contribution in [0.3, 0.4) is 0 Å². The molecule has 0 saturated heterocycles. The van der Waals surface area contributed by atoms with Crippen molar-refractivity contribution in [2.75, 3.05) is 27.8 Å². The molecule has 0 fully saturated rings. The predicted octanol–water partition coefficient (Wildman–Crippen LogP) is -0.667. The van der Waals surface area contributed by atoms with E-state index in [-0.39, 0.29) is 24.3 Å². The van der Waals surface area contributed by atoms with Crippen molar-refractivity contribution < 1.29 is 14.6 Å².